The summed E-state index contributed by atoms with van der Waals surface area (Å²) >= 11 is 0. The van der Waals surface area contributed by atoms with E-state index in [0.717, 1.165) is 29.6 Å². The second kappa shape index (κ2) is 8.13. The second-order valence-corrected chi connectivity index (χ2v) is 7.14. The Bertz CT molecular complexity index is 984. The number of carbonyl (C=O) groups excluding carboxylic acids is 1. The lowest BCUT2D eigenvalue weighted by Gasteiger charge is -2.34. The van der Waals surface area contributed by atoms with Gasteiger partial charge in [-0.3, -0.25) is 9.69 Å². The molecule has 2 aromatic carbocycles. The Kier molecular flexibility index (Phi) is 5.40. The van der Waals surface area contributed by atoms with E-state index in [2.05, 4.69) is 9.88 Å². The number of methoxy groups -OCH3 is 2. The molecule has 29 heavy (non-hydrogen) atoms. The molecule has 0 bridgehead atoms. The lowest BCUT2D eigenvalue weighted by Crippen LogP contribution is -2.48. The van der Waals surface area contributed by atoms with Crippen molar-refractivity contribution in [2.75, 3.05) is 40.4 Å². The first kappa shape index (κ1) is 19.3. The number of nitrogens with one attached hydrogen (secondary N) is 1. The van der Waals surface area contributed by atoms with E-state index in [9.17, 15) is 9.18 Å². The first-order chi connectivity index (χ1) is 14.1. The molecule has 0 spiro atoms. The number of H-pyrrole nitrogens is 1. The number of fused-ring (bicyclic) bond motifs is 1. The maximum absolute atomic E-state index is 13.4. The standard InChI is InChI=1S/C22H24FN3O3/c1-28-19-6-7-20(29-2)21-17(19)13-18(24-21)22(27)26-10-8-25(9-11-26)14-15-4-3-5-16(23)12-15/h3-7,12-13,24H,8-11,14H2,1-2H3. The number of ether oxygens (including phenoxy) is 2. The lowest BCUT2D eigenvalue weighted by molar-refractivity contribution is 0.0623. The van der Waals surface area contributed by atoms with Crippen molar-refractivity contribution in [1.29, 1.82) is 0 Å². The SMILES string of the molecule is COc1ccc(OC)c2[nH]c(C(=O)N3CCN(Cc4cccc(F)c4)CC3)cc12. The fraction of sp³-hybridized carbons (Fsp3) is 0.318. The highest BCUT2D eigenvalue weighted by Gasteiger charge is 2.24. The molecule has 0 atom stereocenters. The molecule has 2 heterocycles. The van der Waals surface area contributed by atoms with Crippen LogP contribution in [0.15, 0.2) is 42.5 Å². The summed E-state index contributed by atoms with van der Waals surface area (Å²) in [6.07, 6.45) is 0. The van der Waals surface area contributed by atoms with Gasteiger partial charge in [0.05, 0.1) is 19.7 Å². The summed E-state index contributed by atoms with van der Waals surface area (Å²) in [5.74, 6) is 1.09. The molecule has 0 aliphatic carbocycles. The predicted octanol–water partition coefficient (Wildman–Crippen LogP) is 3.28. The van der Waals surface area contributed by atoms with Gasteiger partial charge in [0.1, 0.15) is 23.0 Å². The molecule has 1 aromatic heterocycles. The number of carbonyl (C=O) groups is 1. The van der Waals surface area contributed by atoms with E-state index in [1.54, 1.807) is 26.4 Å². The zero-order chi connectivity index (χ0) is 20.4. The van der Waals surface area contributed by atoms with Crippen LogP contribution in [-0.2, 0) is 6.54 Å². The van der Waals surface area contributed by atoms with Crippen molar-refractivity contribution in [3.63, 3.8) is 0 Å². The average molecular weight is 397 g/mol. The first-order valence-corrected chi connectivity index (χ1v) is 9.59. The van der Waals surface area contributed by atoms with Crippen molar-refractivity contribution < 1.29 is 18.7 Å². The number of amides is 1. The van der Waals surface area contributed by atoms with Crippen molar-refractivity contribution >= 4 is 16.8 Å². The number of hydrogen-bond donors (Lipinski definition) is 1. The van der Waals surface area contributed by atoms with E-state index in [4.69, 9.17) is 9.47 Å². The Balaban J connectivity index is 1.45. The van der Waals surface area contributed by atoms with Crippen LogP contribution in [0.5, 0.6) is 11.5 Å². The van der Waals surface area contributed by atoms with Crippen molar-refractivity contribution in [3.05, 3.63) is 59.5 Å². The summed E-state index contributed by atoms with van der Waals surface area (Å²) in [6.45, 7) is 3.42. The molecule has 1 aliphatic rings. The highest BCUT2D eigenvalue weighted by Crippen LogP contribution is 2.33. The van der Waals surface area contributed by atoms with E-state index in [1.165, 1.54) is 6.07 Å². The van der Waals surface area contributed by atoms with Gasteiger partial charge in [-0.1, -0.05) is 12.1 Å². The molecule has 1 fully saturated rings. The smallest absolute Gasteiger partial charge is 0.270 e. The second-order valence-electron chi connectivity index (χ2n) is 7.14. The number of piperazine rings is 1. The highest BCUT2D eigenvalue weighted by molar-refractivity contribution is 6.01. The summed E-state index contributed by atoms with van der Waals surface area (Å²) in [4.78, 5) is 20.3. The number of aromatic nitrogens is 1. The van der Waals surface area contributed by atoms with Crippen molar-refractivity contribution in [1.82, 2.24) is 14.8 Å². The van der Waals surface area contributed by atoms with Gasteiger partial charge >= 0.3 is 0 Å². The number of rotatable bonds is 5. The van der Waals surface area contributed by atoms with Crippen LogP contribution in [0.25, 0.3) is 10.9 Å². The van der Waals surface area contributed by atoms with Crippen LogP contribution in [-0.4, -0.2) is 61.1 Å². The van der Waals surface area contributed by atoms with Crippen LogP contribution in [0.2, 0.25) is 0 Å². The first-order valence-electron chi connectivity index (χ1n) is 9.59. The Morgan fingerprint density at radius 1 is 1.03 bits per heavy atom. The molecule has 1 amide bonds. The molecule has 6 nitrogen and oxygen atoms in total. The molecule has 152 valence electrons. The largest absolute Gasteiger partial charge is 0.496 e. The third-order valence-electron chi connectivity index (χ3n) is 5.34. The Morgan fingerprint density at radius 3 is 2.45 bits per heavy atom. The highest BCUT2D eigenvalue weighted by atomic mass is 19.1. The minimum absolute atomic E-state index is 0.0456. The van der Waals surface area contributed by atoms with Crippen molar-refractivity contribution in [3.8, 4) is 11.5 Å². The van der Waals surface area contributed by atoms with E-state index in [-0.39, 0.29) is 11.7 Å². The van der Waals surface area contributed by atoms with Crippen LogP contribution in [0.3, 0.4) is 0 Å². The van der Waals surface area contributed by atoms with Crippen LogP contribution >= 0.6 is 0 Å². The normalized spacial score (nSPS) is 14.9. The van der Waals surface area contributed by atoms with Gasteiger partial charge in [0.2, 0.25) is 0 Å². The number of halogens is 1. The number of hydrogen-bond acceptors (Lipinski definition) is 4. The van der Waals surface area contributed by atoms with Crippen LogP contribution in [0.4, 0.5) is 4.39 Å². The number of nitrogens with zero attached hydrogens (tertiary/aromatic N) is 2. The molecule has 0 saturated carbocycles. The minimum Gasteiger partial charge on any atom is -0.496 e. The van der Waals surface area contributed by atoms with E-state index >= 15 is 0 Å². The topological polar surface area (TPSA) is 57.8 Å². The Labute approximate surface area is 168 Å². The third-order valence-corrected chi connectivity index (χ3v) is 5.34. The molecular weight excluding hydrogens is 373 g/mol. The monoisotopic (exact) mass is 397 g/mol. The van der Waals surface area contributed by atoms with Gasteiger partial charge in [-0.15, -0.1) is 0 Å². The van der Waals surface area contributed by atoms with Crippen molar-refractivity contribution in [2.24, 2.45) is 0 Å². The minimum atomic E-state index is -0.221. The summed E-state index contributed by atoms with van der Waals surface area (Å²) in [5.41, 5.74) is 2.21. The van der Waals surface area contributed by atoms with Crippen molar-refractivity contribution in [2.45, 2.75) is 6.54 Å². The quantitative estimate of drug-likeness (QED) is 0.718. The number of benzene rings is 2. The summed E-state index contributed by atoms with van der Waals surface area (Å²) in [6, 6.07) is 12.1. The van der Waals surface area contributed by atoms with Gasteiger partial charge in [0.25, 0.3) is 5.91 Å². The molecule has 0 unspecified atom stereocenters. The maximum Gasteiger partial charge on any atom is 0.270 e. The van der Waals surface area contributed by atoms with Crippen LogP contribution in [0.1, 0.15) is 16.1 Å². The Morgan fingerprint density at radius 2 is 1.76 bits per heavy atom. The zero-order valence-corrected chi connectivity index (χ0v) is 16.6. The summed E-state index contributed by atoms with van der Waals surface area (Å²) in [7, 11) is 3.20. The molecular formula is C22H24FN3O3. The van der Waals surface area contributed by atoms with Gasteiger partial charge in [-0.2, -0.15) is 0 Å². The van der Waals surface area contributed by atoms with E-state index in [0.29, 0.717) is 36.8 Å². The Hall–Kier alpha value is -3.06. The molecule has 0 radical (unpaired) electrons. The van der Waals surface area contributed by atoms with E-state index in [1.807, 2.05) is 29.2 Å². The molecule has 4 rings (SSSR count). The maximum atomic E-state index is 13.4. The molecule has 7 heteroatoms. The third kappa shape index (κ3) is 3.91. The lowest BCUT2D eigenvalue weighted by atomic mass is 10.2. The fourth-order valence-corrected chi connectivity index (χ4v) is 3.80. The van der Waals surface area contributed by atoms with E-state index < -0.39 is 0 Å². The molecule has 1 N–H and O–H groups in total. The fourth-order valence-electron chi connectivity index (χ4n) is 3.80. The van der Waals surface area contributed by atoms with Gasteiger partial charge in [0.15, 0.2) is 0 Å². The number of aromatic amines is 1. The van der Waals surface area contributed by atoms with Gasteiger partial charge in [0, 0.05) is 38.1 Å². The average Bonchev–Trinajstić information content (AvgIpc) is 3.18. The predicted molar refractivity (Wildman–Crippen MR) is 109 cm³/mol. The van der Waals surface area contributed by atoms with Gasteiger partial charge in [-0.05, 0) is 35.9 Å². The van der Waals surface area contributed by atoms with Crippen LogP contribution < -0.4 is 9.47 Å². The molecule has 1 saturated heterocycles. The van der Waals surface area contributed by atoms with Gasteiger partial charge in [-0.25, -0.2) is 4.39 Å². The summed E-state index contributed by atoms with van der Waals surface area (Å²) < 4.78 is 24.2. The van der Waals surface area contributed by atoms with Gasteiger partial charge < -0.3 is 19.4 Å². The zero-order valence-electron chi connectivity index (χ0n) is 16.6. The molecule has 3 aromatic rings. The summed E-state index contributed by atoms with van der Waals surface area (Å²) in [5, 5.41) is 0.819. The molecule has 1 aliphatic heterocycles. The van der Waals surface area contributed by atoms with Crippen LogP contribution in [0, 0.1) is 5.82 Å².